The average molecular weight is 396 g/mol. The summed E-state index contributed by atoms with van der Waals surface area (Å²) < 4.78 is 5.32. The van der Waals surface area contributed by atoms with E-state index in [0.717, 1.165) is 43.8 Å². The van der Waals surface area contributed by atoms with Crippen LogP contribution in [0.5, 0.6) is 5.75 Å². The SMILES string of the molecule is CCC(c1ccc(OC)cc1)C(CC)c1ccc(C(O)CN2CCCCC2)cc1. The van der Waals surface area contributed by atoms with Crippen molar-refractivity contribution in [3.8, 4) is 5.75 Å². The highest BCUT2D eigenvalue weighted by atomic mass is 16.5. The van der Waals surface area contributed by atoms with Crippen LogP contribution in [-0.4, -0.2) is 36.8 Å². The quantitative estimate of drug-likeness (QED) is 0.573. The molecule has 2 aromatic carbocycles. The van der Waals surface area contributed by atoms with Gasteiger partial charge >= 0.3 is 0 Å². The number of methoxy groups -OCH3 is 1. The molecule has 1 fully saturated rings. The third-order valence-corrected chi connectivity index (χ3v) is 6.54. The summed E-state index contributed by atoms with van der Waals surface area (Å²) >= 11 is 0. The highest BCUT2D eigenvalue weighted by molar-refractivity contribution is 5.34. The highest BCUT2D eigenvalue weighted by Gasteiger charge is 2.23. The zero-order valence-electron chi connectivity index (χ0n) is 18.3. The predicted molar refractivity (Wildman–Crippen MR) is 121 cm³/mol. The molecule has 3 atom stereocenters. The van der Waals surface area contributed by atoms with E-state index in [9.17, 15) is 5.11 Å². The number of hydrogen-bond donors (Lipinski definition) is 1. The monoisotopic (exact) mass is 395 g/mol. The van der Waals surface area contributed by atoms with Crippen molar-refractivity contribution in [2.24, 2.45) is 0 Å². The summed E-state index contributed by atoms with van der Waals surface area (Å²) in [5.74, 6) is 1.86. The summed E-state index contributed by atoms with van der Waals surface area (Å²) in [5, 5.41) is 10.7. The number of hydrogen-bond acceptors (Lipinski definition) is 3. The van der Waals surface area contributed by atoms with Gasteiger partial charge in [0.1, 0.15) is 5.75 Å². The molecule has 1 N–H and O–H groups in total. The molecule has 0 aromatic heterocycles. The first-order chi connectivity index (χ1) is 14.2. The van der Waals surface area contributed by atoms with E-state index in [1.165, 1.54) is 30.4 Å². The van der Waals surface area contributed by atoms with E-state index in [2.05, 4.69) is 67.3 Å². The smallest absolute Gasteiger partial charge is 0.118 e. The lowest BCUT2D eigenvalue weighted by molar-refractivity contribution is 0.101. The molecule has 0 radical (unpaired) electrons. The molecular formula is C26H37NO2. The largest absolute Gasteiger partial charge is 0.497 e. The zero-order valence-corrected chi connectivity index (χ0v) is 18.3. The number of β-amino-alcohol motifs (C(OH)–C–C–N with tert-alkyl or cyclic N) is 1. The van der Waals surface area contributed by atoms with Gasteiger partial charge in [-0.05, 0) is 79.4 Å². The summed E-state index contributed by atoms with van der Waals surface area (Å²) in [6.07, 6.45) is 5.64. The lowest BCUT2D eigenvalue weighted by Gasteiger charge is -2.29. The molecule has 2 aromatic rings. The maximum Gasteiger partial charge on any atom is 0.118 e. The fourth-order valence-corrected chi connectivity index (χ4v) is 4.81. The molecule has 1 saturated heterocycles. The van der Waals surface area contributed by atoms with Gasteiger partial charge in [-0.25, -0.2) is 0 Å². The van der Waals surface area contributed by atoms with Crippen LogP contribution >= 0.6 is 0 Å². The first-order valence-electron chi connectivity index (χ1n) is 11.3. The molecule has 1 heterocycles. The fraction of sp³-hybridized carbons (Fsp3) is 0.538. The molecule has 0 spiro atoms. The Bertz CT molecular complexity index is 719. The Morgan fingerprint density at radius 3 is 1.76 bits per heavy atom. The maximum atomic E-state index is 10.7. The van der Waals surface area contributed by atoms with Crippen LogP contribution in [0.15, 0.2) is 48.5 Å². The lowest BCUT2D eigenvalue weighted by Crippen LogP contribution is -2.33. The van der Waals surface area contributed by atoms with E-state index >= 15 is 0 Å². The topological polar surface area (TPSA) is 32.7 Å². The first-order valence-corrected chi connectivity index (χ1v) is 11.3. The molecule has 0 bridgehead atoms. The summed E-state index contributed by atoms with van der Waals surface area (Å²) in [6, 6.07) is 17.2. The number of benzene rings is 2. The molecular weight excluding hydrogens is 358 g/mol. The van der Waals surface area contributed by atoms with Gasteiger partial charge in [0.05, 0.1) is 13.2 Å². The summed E-state index contributed by atoms with van der Waals surface area (Å²) in [7, 11) is 1.71. The molecule has 1 aliphatic heterocycles. The van der Waals surface area contributed by atoms with Crippen LogP contribution in [0.25, 0.3) is 0 Å². The van der Waals surface area contributed by atoms with Gasteiger partial charge in [0.2, 0.25) is 0 Å². The van der Waals surface area contributed by atoms with E-state index in [0.29, 0.717) is 11.8 Å². The molecule has 0 amide bonds. The van der Waals surface area contributed by atoms with Gasteiger partial charge in [0, 0.05) is 6.54 Å². The Kier molecular flexibility index (Phi) is 8.14. The molecule has 0 aliphatic carbocycles. The van der Waals surface area contributed by atoms with Crippen molar-refractivity contribution >= 4 is 0 Å². The normalized spacial score (nSPS) is 18.2. The number of aliphatic hydroxyl groups is 1. The molecule has 3 nitrogen and oxygen atoms in total. The summed E-state index contributed by atoms with van der Waals surface area (Å²) in [6.45, 7) is 7.53. The Morgan fingerprint density at radius 1 is 0.793 bits per heavy atom. The molecule has 1 aliphatic rings. The number of rotatable bonds is 9. The standard InChI is InChI=1S/C26H37NO2/c1-4-24(25(5-2)21-13-15-23(29-3)16-14-21)20-9-11-22(12-10-20)26(28)19-27-17-7-6-8-18-27/h9-16,24-26,28H,4-8,17-19H2,1-3H3. The van der Waals surface area contributed by atoms with Gasteiger partial charge < -0.3 is 14.7 Å². The van der Waals surface area contributed by atoms with Crippen molar-refractivity contribution in [2.75, 3.05) is 26.7 Å². The second-order valence-electron chi connectivity index (χ2n) is 8.35. The van der Waals surface area contributed by atoms with Crippen molar-refractivity contribution < 1.29 is 9.84 Å². The van der Waals surface area contributed by atoms with E-state index in [1.807, 2.05) is 0 Å². The molecule has 3 unspecified atom stereocenters. The Labute approximate surface area is 176 Å². The summed E-state index contributed by atoms with van der Waals surface area (Å²) in [5.41, 5.74) is 3.77. The van der Waals surface area contributed by atoms with Crippen molar-refractivity contribution in [1.82, 2.24) is 4.90 Å². The number of piperidine rings is 1. The second-order valence-corrected chi connectivity index (χ2v) is 8.35. The third-order valence-electron chi connectivity index (χ3n) is 6.54. The van der Waals surface area contributed by atoms with Crippen molar-refractivity contribution in [3.05, 3.63) is 65.2 Å². The number of aliphatic hydroxyl groups excluding tert-OH is 1. The molecule has 0 saturated carbocycles. The van der Waals surface area contributed by atoms with Gasteiger partial charge in [-0.3, -0.25) is 0 Å². The van der Waals surface area contributed by atoms with Crippen LogP contribution in [0.3, 0.4) is 0 Å². The van der Waals surface area contributed by atoms with Crippen LogP contribution in [0.1, 0.15) is 80.6 Å². The zero-order chi connectivity index (χ0) is 20.6. The Morgan fingerprint density at radius 2 is 1.28 bits per heavy atom. The van der Waals surface area contributed by atoms with Gasteiger partial charge in [-0.2, -0.15) is 0 Å². The Hall–Kier alpha value is -1.84. The molecule has 29 heavy (non-hydrogen) atoms. The lowest BCUT2D eigenvalue weighted by atomic mass is 9.78. The Balaban J connectivity index is 1.71. The third kappa shape index (κ3) is 5.61. The fourth-order valence-electron chi connectivity index (χ4n) is 4.81. The highest BCUT2D eigenvalue weighted by Crippen LogP contribution is 2.38. The van der Waals surface area contributed by atoms with E-state index in [-0.39, 0.29) is 0 Å². The first kappa shape index (κ1) is 21.9. The van der Waals surface area contributed by atoms with Crippen molar-refractivity contribution in [1.29, 1.82) is 0 Å². The van der Waals surface area contributed by atoms with Gasteiger partial charge in [-0.15, -0.1) is 0 Å². The summed E-state index contributed by atoms with van der Waals surface area (Å²) in [4.78, 5) is 2.40. The minimum Gasteiger partial charge on any atom is -0.497 e. The molecule has 3 rings (SSSR count). The van der Waals surface area contributed by atoms with Crippen molar-refractivity contribution in [2.45, 2.75) is 63.9 Å². The van der Waals surface area contributed by atoms with Crippen molar-refractivity contribution in [3.63, 3.8) is 0 Å². The van der Waals surface area contributed by atoms with Crippen LogP contribution in [0.4, 0.5) is 0 Å². The number of ether oxygens (including phenoxy) is 1. The van der Waals surface area contributed by atoms with Crippen LogP contribution in [0.2, 0.25) is 0 Å². The van der Waals surface area contributed by atoms with Gasteiger partial charge in [0.25, 0.3) is 0 Å². The number of nitrogens with zero attached hydrogens (tertiary/aromatic N) is 1. The van der Waals surface area contributed by atoms with Crippen LogP contribution in [0, 0.1) is 0 Å². The number of likely N-dealkylation sites (tertiary alicyclic amines) is 1. The maximum absolute atomic E-state index is 10.7. The average Bonchev–Trinajstić information content (AvgIpc) is 2.78. The van der Waals surface area contributed by atoms with E-state index in [4.69, 9.17) is 4.74 Å². The van der Waals surface area contributed by atoms with Crippen LogP contribution < -0.4 is 4.74 Å². The van der Waals surface area contributed by atoms with Gasteiger partial charge in [-0.1, -0.05) is 56.7 Å². The molecule has 3 heteroatoms. The van der Waals surface area contributed by atoms with Crippen LogP contribution in [-0.2, 0) is 0 Å². The minimum absolute atomic E-state index is 0.397. The van der Waals surface area contributed by atoms with E-state index < -0.39 is 6.10 Å². The predicted octanol–water partition coefficient (Wildman–Crippen LogP) is 5.90. The molecule has 158 valence electrons. The minimum atomic E-state index is -0.397. The second kappa shape index (κ2) is 10.8. The van der Waals surface area contributed by atoms with E-state index in [1.54, 1.807) is 7.11 Å². The van der Waals surface area contributed by atoms with Gasteiger partial charge in [0.15, 0.2) is 0 Å².